The largest absolute Gasteiger partial charge is 0.490 e. The van der Waals surface area contributed by atoms with Gasteiger partial charge in [0.15, 0.2) is 0 Å². The maximum atomic E-state index is 12.4. The summed E-state index contributed by atoms with van der Waals surface area (Å²) in [6.07, 6.45) is 0.515. The summed E-state index contributed by atoms with van der Waals surface area (Å²) >= 11 is 0. The molecule has 0 amide bonds. The van der Waals surface area contributed by atoms with Crippen molar-refractivity contribution in [1.82, 2.24) is 4.57 Å². The average Bonchev–Trinajstić information content (AvgIpc) is 2.84. The van der Waals surface area contributed by atoms with Gasteiger partial charge in [-0.2, -0.15) is 0 Å². The highest BCUT2D eigenvalue weighted by atomic mass is 16.6. The summed E-state index contributed by atoms with van der Waals surface area (Å²) in [5, 5.41) is 19.4. The van der Waals surface area contributed by atoms with Crippen molar-refractivity contribution in [1.29, 1.82) is 0 Å². The van der Waals surface area contributed by atoms with Crippen LogP contribution in [0.3, 0.4) is 0 Å². The smallest absolute Gasteiger partial charge is 0.465 e. The Morgan fingerprint density at radius 2 is 1.87 bits per heavy atom. The van der Waals surface area contributed by atoms with E-state index in [1.807, 2.05) is 0 Å². The number of aromatic nitrogens is 1. The molecule has 0 fully saturated rings. The van der Waals surface area contributed by atoms with Gasteiger partial charge in [0, 0.05) is 17.0 Å². The highest BCUT2D eigenvalue weighted by Gasteiger charge is 2.27. The van der Waals surface area contributed by atoms with Crippen LogP contribution in [0.25, 0.3) is 10.9 Å². The van der Waals surface area contributed by atoms with Crippen molar-refractivity contribution in [3.05, 3.63) is 30.0 Å². The predicted molar refractivity (Wildman–Crippen MR) is 84.7 cm³/mol. The first-order chi connectivity index (χ1) is 10.7. The SMILES string of the molecule is COC(=O)c1cccc2c(B(O)O)cn(C(=O)OC(C)(C)C)c12. The molecule has 2 rings (SSSR count). The molecule has 2 N–H and O–H groups in total. The van der Waals surface area contributed by atoms with Gasteiger partial charge in [-0.1, -0.05) is 12.1 Å². The molecule has 0 radical (unpaired) electrons. The van der Waals surface area contributed by atoms with Crippen molar-refractivity contribution in [2.75, 3.05) is 7.11 Å². The lowest BCUT2D eigenvalue weighted by atomic mass is 9.80. The van der Waals surface area contributed by atoms with Gasteiger partial charge in [0.25, 0.3) is 0 Å². The van der Waals surface area contributed by atoms with E-state index in [4.69, 9.17) is 9.47 Å². The summed E-state index contributed by atoms with van der Waals surface area (Å²) in [7, 11) is -0.571. The van der Waals surface area contributed by atoms with Crippen molar-refractivity contribution < 1.29 is 29.1 Å². The summed E-state index contributed by atoms with van der Waals surface area (Å²) in [6, 6.07) is 4.64. The molecule has 23 heavy (non-hydrogen) atoms. The minimum Gasteiger partial charge on any atom is -0.465 e. The van der Waals surface area contributed by atoms with Crippen LogP contribution in [-0.2, 0) is 9.47 Å². The summed E-state index contributed by atoms with van der Waals surface area (Å²) in [5.41, 5.74) is -0.317. The number of benzene rings is 1. The molecule has 0 bridgehead atoms. The van der Waals surface area contributed by atoms with E-state index in [1.165, 1.54) is 19.4 Å². The van der Waals surface area contributed by atoms with E-state index in [-0.39, 0.29) is 16.5 Å². The Morgan fingerprint density at radius 3 is 2.39 bits per heavy atom. The lowest BCUT2D eigenvalue weighted by molar-refractivity contribution is 0.0544. The molecule has 0 unspecified atom stereocenters. The molecule has 122 valence electrons. The first-order valence-electron chi connectivity index (χ1n) is 6.97. The third-order valence-electron chi connectivity index (χ3n) is 3.13. The number of fused-ring (bicyclic) bond motifs is 1. The Kier molecular flexibility index (Phi) is 4.49. The number of nitrogens with zero attached hydrogens (tertiary/aromatic N) is 1. The van der Waals surface area contributed by atoms with Crippen LogP contribution < -0.4 is 5.46 Å². The first kappa shape index (κ1) is 17.0. The minimum atomic E-state index is -1.80. The Hall–Kier alpha value is -2.32. The van der Waals surface area contributed by atoms with Crippen LogP contribution in [0.2, 0.25) is 0 Å². The number of rotatable bonds is 2. The van der Waals surface area contributed by atoms with E-state index in [2.05, 4.69) is 0 Å². The van der Waals surface area contributed by atoms with Crippen LogP contribution in [0.4, 0.5) is 4.79 Å². The third kappa shape index (κ3) is 3.38. The maximum Gasteiger partial charge on any atom is 0.490 e. The molecule has 0 atom stereocenters. The molecular weight excluding hydrogens is 301 g/mol. The van der Waals surface area contributed by atoms with E-state index < -0.39 is 24.8 Å². The zero-order valence-corrected chi connectivity index (χ0v) is 13.4. The second-order valence-corrected chi connectivity index (χ2v) is 6.00. The number of ether oxygens (including phenoxy) is 2. The molecule has 0 spiro atoms. The summed E-state index contributed by atoms with van der Waals surface area (Å²) in [6.45, 7) is 5.12. The summed E-state index contributed by atoms with van der Waals surface area (Å²) in [4.78, 5) is 24.4. The molecule has 0 aliphatic carbocycles. The molecule has 0 aliphatic heterocycles. The van der Waals surface area contributed by atoms with Crippen molar-refractivity contribution in [3.8, 4) is 0 Å². The van der Waals surface area contributed by atoms with Gasteiger partial charge >= 0.3 is 19.2 Å². The quantitative estimate of drug-likeness (QED) is 0.630. The Bertz CT molecular complexity index is 759. The van der Waals surface area contributed by atoms with Gasteiger partial charge in [-0.3, -0.25) is 4.57 Å². The minimum absolute atomic E-state index is 0.0941. The Morgan fingerprint density at radius 1 is 1.22 bits per heavy atom. The fraction of sp³-hybridized carbons (Fsp3) is 0.333. The maximum absolute atomic E-state index is 12.4. The van der Waals surface area contributed by atoms with E-state index in [0.717, 1.165) is 4.57 Å². The van der Waals surface area contributed by atoms with Crippen molar-refractivity contribution >= 4 is 35.5 Å². The van der Waals surface area contributed by atoms with Crippen LogP contribution in [0.1, 0.15) is 31.1 Å². The second-order valence-electron chi connectivity index (χ2n) is 6.00. The number of hydrogen-bond donors (Lipinski definition) is 2. The zero-order valence-electron chi connectivity index (χ0n) is 13.4. The molecule has 0 saturated carbocycles. The number of hydrogen-bond acceptors (Lipinski definition) is 6. The monoisotopic (exact) mass is 319 g/mol. The molecule has 2 aromatic rings. The predicted octanol–water partition coefficient (Wildman–Crippen LogP) is 0.891. The van der Waals surface area contributed by atoms with E-state index in [0.29, 0.717) is 5.39 Å². The van der Waals surface area contributed by atoms with Gasteiger partial charge in [0.2, 0.25) is 0 Å². The van der Waals surface area contributed by atoms with Crippen molar-refractivity contribution in [2.45, 2.75) is 26.4 Å². The molecule has 0 aliphatic rings. The highest BCUT2D eigenvalue weighted by molar-refractivity contribution is 6.62. The van der Waals surface area contributed by atoms with Gasteiger partial charge in [0.05, 0.1) is 18.2 Å². The van der Waals surface area contributed by atoms with Gasteiger partial charge < -0.3 is 19.5 Å². The van der Waals surface area contributed by atoms with Gasteiger partial charge in [0.1, 0.15) is 5.60 Å². The Labute approximate surface area is 133 Å². The molecular formula is C15H18BNO6. The molecule has 1 heterocycles. The Balaban J connectivity index is 2.72. The van der Waals surface area contributed by atoms with Gasteiger partial charge in [-0.05, 0) is 26.8 Å². The lowest BCUT2D eigenvalue weighted by Gasteiger charge is -2.20. The molecule has 8 heteroatoms. The normalized spacial score (nSPS) is 11.4. The fourth-order valence-corrected chi connectivity index (χ4v) is 2.24. The number of methoxy groups -OCH3 is 1. The first-order valence-corrected chi connectivity index (χ1v) is 6.97. The standard InChI is InChI=1S/C15H18BNO6/c1-15(2,3)23-14(19)17-8-11(16(20)21)9-6-5-7-10(12(9)17)13(18)22-4/h5-8,20-21H,1-4H3. The molecule has 0 saturated heterocycles. The average molecular weight is 319 g/mol. The number of esters is 1. The van der Waals surface area contributed by atoms with Crippen molar-refractivity contribution in [2.24, 2.45) is 0 Å². The van der Waals surface area contributed by atoms with Crippen molar-refractivity contribution in [3.63, 3.8) is 0 Å². The van der Waals surface area contributed by atoms with E-state index >= 15 is 0 Å². The van der Waals surface area contributed by atoms with Gasteiger partial charge in [-0.25, -0.2) is 9.59 Å². The topological polar surface area (TPSA) is 98.0 Å². The molecule has 1 aromatic heterocycles. The molecule has 7 nitrogen and oxygen atoms in total. The molecule has 1 aromatic carbocycles. The van der Waals surface area contributed by atoms with Crippen LogP contribution in [0.15, 0.2) is 24.4 Å². The lowest BCUT2D eigenvalue weighted by Crippen LogP contribution is -2.30. The summed E-state index contributed by atoms with van der Waals surface area (Å²) < 4.78 is 11.1. The fourth-order valence-electron chi connectivity index (χ4n) is 2.24. The highest BCUT2D eigenvalue weighted by Crippen LogP contribution is 2.22. The van der Waals surface area contributed by atoms with E-state index in [1.54, 1.807) is 32.9 Å². The third-order valence-corrected chi connectivity index (χ3v) is 3.13. The summed E-state index contributed by atoms with van der Waals surface area (Å²) in [5.74, 6) is -0.641. The van der Waals surface area contributed by atoms with Crippen LogP contribution >= 0.6 is 0 Å². The van der Waals surface area contributed by atoms with E-state index in [9.17, 15) is 19.6 Å². The number of carbonyl (C=O) groups is 2. The van der Waals surface area contributed by atoms with Crippen LogP contribution in [-0.4, -0.2) is 46.5 Å². The number of carbonyl (C=O) groups excluding carboxylic acids is 2. The number of para-hydroxylation sites is 1. The zero-order chi connectivity index (χ0) is 17.4. The second kappa shape index (κ2) is 6.06. The van der Waals surface area contributed by atoms with Crippen LogP contribution in [0.5, 0.6) is 0 Å². The van der Waals surface area contributed by atoms with Gasteiger partial charge in [-0.15, -0.1) is 0 Å². The van der Waals surface area contributed by atoms with Crippen LogP contribution in [0, 0.1) is 0 Å².